The number of hydrogen-bond acceptors (Lipinski definition) is 4. The van der Waals surface area contributed by atoms with E-state index in [9.17, 15) is 0 Å². The van der Waals surface area contributed by atoms with Gasteiger partial charge in [-0.05, 0) is 12.0 Å². The number of benzene rings is 1. The van der Waals surface area contributed by atoms with Gasteiger partial charge in [-0.2, -0.15) is 0 Å². The molecule has 1 aliphatic heterocycles. The topological polar surface area (TPSA) is 47.9 Å². The molecule has 0 saturated carbocycles. The van der Waals surface area contributed by atoms with Gasteiger partial charge < -0.3 is 19.3 Å². The molecular weight excluding hydrogens is 244 g/mol. The van der Waals surface area contributed by atoms with Gasteiger partial charge in [0.2, 0.25) is 0 Å². The summed E-state index contributed by atoms with van der Waals surface area (Å²) in [5, 5.41) is 8.92. The van der Waals surface area contributed by atoms with Crippen LogP contribution in [0.1, 0.15) is 24.8 Å². The number of aliphatic hydroxyl groups is 1. The summed E-state index contributed by atoms with van der Waals surface area (Å²) in [4.78, 5) is 0. The molecule has 4 heteroatoms. The van der Waals surface area contributed by atoms with Crippen LogP contribution in [0.2, 0.25) is 0 Å². The van der Waals surface area contributed by atoms with Gasteiger partial charge in [-0.3, -0.25) is 0 Å². The van der Waals surface area contributed by atoms with Gasteiger partial charge in [-0.15, -0.1) is 0 Å². The molecule has 0 unspecified atom stereocenters. The molecule has 106 valence electrons. The summed E-state index contributed by atoms with van der Waals surface area (Å²) in [7, 11) is 0. The molecule has 1 heterocycles. The molecule has 2 rings (SSSR count). The lowest BCUT2D eigenvalue weighted by atomic mass is 10.1. The zero-order chi connectivity index (χ0) is 13.4. The number of rotatable bonds is 8. The molecule has 1 aliphatic rings. The Kier molecular flexibility index (Phi) is 5.79. The molecule has 4 nitrogen and oxygen atoms in total. The zero-order valence-corrected chi connectivity index (χ0v) is 11.2. The van der Waals surface area contributed by atoms with E-state index < -0.39 is 5.79 Å². The molecule has 1 N–H and O–H groups in total. The molecule has 1 saturated heterocycles. The Bertz CT molecular complexity index is 346. The van der Waals surface area contributed by atoms with Crippen LogP contribution < -0.4 is 0 Å². The van der Waals surface area contributed by atoms with Crippen LogP contribution in [0.4, 0.5) is 0 Å². The highest BCUT2D eigenvalue weighted by Gasteiger charge is 2.35. The lowest BCUT2D eigenvalue weighted by Gasteiger charge is -2.27. The van der Waals surface area contributed by atoms with Crippen molar-refractivity contribution in [2.24, 2.45) is 0 Å². The van der Waals surface area contributed by atoms with Gasteiger partial charge in [0.1, 0.15) is 0 Å². The van der Waals surface area contributed by atoms with Crippen LogP contribution in [0.25, 0.3) is 0 Å². The first-order valence-electron chi connectivity index (χ1n) is 6.85. The second-order valence-electron chi connectivity index (χ2n) is 4.72. The third-order valence-electron chi connectivity index (χ3n) is 3.27. The van der Waals surface area contributed by atoms with Crippen LogP contribution in [-0.2, 0) is 20.8 Å². The molecule has 0 bridgehead atoms. The van der Waals surface area contributed by atoms with Crippen molar-refractivity contribution >= 4 is 0 Å². The highest BCUT2D eigenvalue weighted by Crippen LogP contribution is 2.28. The molecular formula is C15H22O4. The van der Waals surface area contributed by atoms with Crippen LogP contribution in [0.5, 0.6) is 0 Å². The van der Waals surface area contributed by atoms with Crippen LogP contribution in [0.3, 0.4) is 0 Å². The second-order valence-corrected chi connectivity index (χ2v) is 4.72. The summed E-state index contributed by atoms with van der Waals surface area (Å²) < 4.78 is 17.0. The Labute approximate surface area is 114 Å². The Morgan fingerprint density at radius 2 is 1.84 bits per heavy atom. The summed E-state index contributed by atoms with van der Waals surface area (Å²) in [6.07, 6.45) is 2.12. The van der Waals surface area contributed by atoms with Crippen LogP contribution in [-0.4, -0.2) is 37.3 Å². The monoisotopic (exact) mass is 266 g/mol. The van der Waals surface area contributed by atoms with Crippen molar-refractivity contribution in [1.29, 1.82) is 0 Å². The van der Waals surface area contributed by atoms with Gasteiger partial charge in [-0.1, -0.05) is 30.3 Å². The fraction of sp³-hybridized carbons (Fsp3) is 0.600. The van der Waals surface area contributed by atoms with Crippen LogP contribution in [0.15, 0.2) is 30.3 Å². The van der Waals surface area contributed by atoms with E-state index >= 15 is 0 Å². The van der Waals surface area contributed by atoms with Crippen LogP contribution >= 0.6 is 0 Å². The number of hydrogen-bond donors (Lipinski definition) is 1. The van der Waals surface area contributed by atoms with Gasteiger partial charge >= 0.3 is 0 Å². The smallest absolute Gasteiger partial charge is 0.170 e. The maximum atomic E-state index is 8.92. The molecule has 0 aliphatic carbocycles. The molecule has 0 spiro atoms. The Morgan fingerprint density at radius 3 is 2.53 bits per heavy atom. The highest BCUT2D eigenvalue weighted by molar-refractivity contribution is 5.13. The SMILES string of the molecule is OCCCC1(CCOCc2ccccc2)OCCO1. The molecule has 1 aromatic rings. The largest absolute Gasteiger partial charge is 0.396 e. The molecule has 0 atom stereocenters. The van der Waals surface area contributed by atoms with Gasteiger partial charge in [0.15, 0.2) is 5.79 Å². The minimum absolute atomic E-state index is 0.166. The van der Waals surface area contributed by atoms with Gasteiger partial charge in [0, 0.05) is 19.4 Å². The minimum Gasteiger partial charge on any atom is -0.396 e. The summed E-state index contributed by atoms with van der Waals surface area (Å²) in [6.45, 7) is 2.63. The summed E-state index contributed by atoms with van der Waals surface area (Å²) in [5.41, 5.74) is 1.17. The maximum Gasteiger partial charge on any atom is 0.170 e. The van der Waals surface area contributed by atoms with Crippen molar-refractivity contribution in [3.8, 4) is 0 Å². The van der Waals surface area contributed by atoms with E-state index in [4.69, 9.17) is 19.3 Å². The van der Waals surface area contributed by atoms with E-state index in [1.807, 2.05) is 30.3 Å². The van der Waals surface area contributed by atoms with Crippen molar-refractivity contribution in [3.63, 3.8) is 0 Å². The molecule has 1 aromatic carbocycles. The average molecular weight is 266 g/mol. The van der Waals surface area contributed by atoms with E-state index in [1.165, 1.54) is 5.56 Å². The third-order valence-corrected chi connectivity index (χ3v) is 3.27. The molecule has 1 fully saturated rings. The first kappa shape index (κ1) is 14.5. The van der Waals surface area contributed by atoms with E-state index in [-0.39, 0.29) is 6.61 Å². The van der Waals surface area contributed by atoms with Gasteiger partial charge in [0.25, 0.3) is 0 Å². The maximum absolute atomic E-state index is 8.92. The van der Waals surface area contributed by atoms with E-state index in [0.29, 0.717) is 39.3 Å². The highest BCUT2D eigenvalue weighted by atomic mass is 16.7. The van der Waals surface area contributed by atoms with Crippen molar-refractivity contribution in [2.45, 2.75) is 31.7 Å². The Morgan fingerprint density at radius 1 is 1.11 bits per heavy atom. The van der Waals surface area contributed by atoms with Crippen LogP contribution in [0, 0.1) is 0 Å². The van der Waals surface area contributed by atoms with E-state index in [1.54, 1.807) is 0 Å². The number of aliphatic hydroxyl groups excluding tert-OH is 1. The second kappa shape index (κ2) is 7.60. The fourth-order valence-electron chi connectivity index (χ4n) is 2.25. The third kappa shape index (κ3) is 4.58. The summed E-state index contributed by atoms with van der Waals surface area (Å²) >= 11 is 0. The average Bonchev–Trinajstić information content (AvgIpc) is 2.92. The quantitative estimate of drug-likeness (QED) is 0.732. The van der Waals surface area contributed by atoms with Crippen molar-refractivity contribution in [3.05, 3.63) is 35.9 Å². The van der Waals surface area contributed by atoms with E-state index in [2.05, 4.69) is 0 Å². The molecule has 0 aromatic heterocycles. The predicted molar refractivity (Wildman–Crippen MR) is 71.7 cm³/mol. The molecule has 0 radical (unpaired) electrons. The standard InChI is InChI=1S/C15H22O4/c16-9-4-7-15(18-11-12-19-15)8-10-17-13-14-5-2-1-3-6-14/h1-3,5-6,16H,4,7-13H2. The zero-order valence-electron chi connectivity index (χ0n) is 11.2. The van der Waals surface area contributed by atoms with Gasteiger partial charge in [-0.25, -0.2) is 0 Å². The minimum atomic E-state index is -0.542. The van der Waals surface area contributed by atoms with E-state index in [0.717, 1.165) is 6.42 Å². The van der Waals surface area contributed by atoms with Crippen molar-refractivity contribution in [1.82, 2.24) is 0 Å². The summed E-state index contributed by atoms with van der Waals surface area (Å²) in [6, 6.07) is 10.1. The lowest BCUT2D eigenvalue weighted by Crippen LogP contribution is -2.32. The van der Waals surface area contributed by atoms with Gasteiger partial charge in [0.05, 0.1) is 26.4 Å². The fourth-order valence-corrected chi connectivity index (χ4v) is 2.25. The first-order chi connectivity index (χ1) is 9.35. The molecule has 0 amide bonds. The number of ether oxygens (including phenoxy) is 3. The Hall–Kier alpha value is -0.940. The lowest BCUT2D eigenvalue weighted by molar-refractivity contribution is -0.177. The predicted octanol–water partition coefficient (Wildman–Crippen LogP) is 2.11. The Balaban J connectivity index is 1.70. The van der Waals surface area contributed by atoms with Crippen molar-refractivity contribution < 1.29 is 19.3 Å². The first-order valence-corrected chi connectivity index (χ1v) is 6.85. The summed E-state index contributed by atoms with van der Waals surface area (Å²) in [5.74, 6) is -0.542. The van der Waals surface area contributed by atoms with Crippen molar-refractivity contribution in [2.75, 3.05) is 26.4 Å². The normalized spacial score (nSPS) is 17.7. The molecule has 19 heavy (non-hydrogen) atoms.